The maximum absolute atomic E-state index is 12.3. The van der Waals surface area contributed by atoms with Gasteiger partial charge in [0.25, 0.3) is 0 Å². The average molecular weight is 250 g/mol. The summed E-state index contributed by atoms with van der Waals surface area (Å²) in [6.45, 7) is 4.83. The van der Waals surface area contributed by atoms with Crippen LogP contribution in [-0.2, 0) is 4.79 Å². The van der Waals surface area contributed by atoms with Crippen molar-refractivity contribution < 1.29 is 4.79 Å². The Labute approximate surface area is 111 Å². The second-order valence-corrected chi connectivity index (χ2v) is 5.55. The minimum Gasteiger partial charge on any atom is -0.354 e. The van der Waals surface area contributed by atoms with Crippen LogP contribution in [-0.4, -0.2) is 12.5 Å². The molecule has 1 N–H and O–H groups in total. The first-order valence-electron chi connectivity index (χ1n) is 7.38. The molecule has 1 rings (SSSR count). The molecule has 1 saturated carbocycles. The zero-order valence-corrected chi connectivity index (χ0v) is 11.8. The van der Waals surface area contributed by atoms with Crippen LogP contribution in [0.4, 0.5) is 0 Å². The number of nitriles is 1. The maximum atomic E-state index is 12.3. The first-order chi connectivity index (χ1) is 8.68. The molecule has 1 aliphatic carbocycles. The van der Waals surface area contributed by atoms with Gasteiger partial charge >= 0.3 is 0 Å². The molecule has 102 valence electrons. The van der Waals surface area contributed by atoms with Crippen molar-refractivity contribution in [3.05, 3.63) is 0 Å². The highest BCUT2D eigenvalue weighted by Gasteiger charge is 2.37. The zero-order chi connectivity index (χ0) is 13.4. The van der Waals surface area contributed by atoms with E-state index in [9.17, 15) is 10.1 Å². The van der Waals surface area contributed by atoms with E-state index in [-0.39, 0.29) is 5.91 Å². The van der Waals surface area contributed by atoms with Crippen molar-refractivity contribution in [1.29, 1.82) is 5.26 Å². The Bertz CT molecular complexity index is 294. The Morgan fingerprint density at radius 3 is 2.28 bits per heavy atom. The first-order valence-corrected chi connectivity index (χ1v) is 7.38. The van der Waals surface area contributed by atoms with Crippen molar-refractivity contribution in [3.63, 3.8) is 0 Å². The normalized spacial score (nSPS) is 16.5. The third-order valence-electron chi connectivity index (χ3n) is 4.03. The van der Waals surface area contributed by atoms with Gasteiger partial charge in [-0.25, -0.2) is 0 Å². The Morgan fingerprint density at radius 1 is 1.28 bits per heavy atom. The monoisotopic (exact) mass is 250 g/mol. The van der Waals surface area contributed by atoms with Crippen LogP contribution in [0.3, 0.4) is 0 Å². The molecule has 0 atom stereocenters. The first kappa shape index (κ1) is 15.0. The molecule has 1 amide bonds. The van der Waals surface area contributed by atoms with E-state index in [1.54, 1.807) is 0 Å². The largest absolute Gasteiger partial charge is 0.354 e. The molecule has 0 heterocycles. The van der Waals surface area contributed by atoms with E-state index in [4.69, 9.17) is 0 Å². The lowest BCUT2D eigenvalue weighted by Gasteiger charge is -2.25. The van der Waals surface area contributed by atoms with Crippen LogP contribution in [0.5, 0.6) is 0 Å². The molecule has 0 aromatic rings. The van der Waals surface area contributed by atoms with Crippen LogP contribution >= 0.6 is 0 Å². The Kier molecular flexibility index (Phi) is 6.18. The van der Waals surface area contributed by atoms with Crippen molar-refractivity contribution in [1.82, 2.24) is 5.32 Å². The number of hydrogen-bond acceptors (Lipinski definition) is 2. The maximum Gasteiger partial charge on any atom is 0.240 e. The molecule has 3 heteroatoms. The molecule has 0 aromatic carbocycles. The molecule has 0 bridgehead atoms. The highest BCUT2D eigenvalue weighted by Crippen LogP contribution is 2.30. The summed E-state index contributed by atoms with van der Waals surface area (Å²) in [6, 6.07) is 2.28. The van der Waals surface area contributed by atoms with Gasteiger partial charge in [0.15, 0.2) is 0 Å². The van der Waals surface area contributed by atoms with Crippen LogP contribution in [0.15, 0.2) is 0 Å². The van der Waals surface area contributed by atoms with E-state index < -0.39 is 5.41 Å². The molecule has 1 aliphatic rings. The Hall–Kier alpha value is -1.04. The number of carbonyl (C=O) groups excluding carboxylic acids is 1. The van der Waals surface area contributed by atoms with E-state index in [2.05, 4.69) is 11.4 Å². The molecule has 0 spiro atoms. The summed E-state index contributed by atoms with van der Waals surface area (Å²) in [5, 5.41) is 12.4. The standard InChI is InChI=1S/C15H26N2O/c1-3-9-15(12-16,10-4-2)14(18)17-11-13-7-5-6-8-13/h13H,3-11H2,1-2H3,(H,17,18). The lowest BCUT2D eigenvalue weighted by Crippen LogP contribution is -2.41. The van der Waals surface area contributed by atoms with Gasteiger partial charge in [-0.3, -0.25) is 4.79 Å². The zero-order valence-electron chi connectivity index (χ0n) is 11.8. The average Bonchev–Trinajstić information content (AvgIpc) is 2.88. The second-order valence-electron chi connectivity index (χ2n) is 5.55. The van der Waals surface area contributed by atoms with E-state index in [1.807, 2.05) is 13.8 Å². The molecule has 0 radical (unpaired) electrons. The molecule has 0 aliphatic heterocycles. The van der Waals surface area contributed by atoms with Gasteiger partial charge in [-0.15, -0.1) is 0 Å². The minimum atomic E-state index is -0.790. The van der Waals surface area contributed by atoms with Gasteiger partial charge in [0.1, 0.15) is 5.41 Å². The third-order valence-corrected chi connectivity index (χ3v) is 4.03. The number of nitrogens with one attached hydrogen (secondary N) is 1. The van der Waals surface area contributed by atoms with Gasteiger partial charge in [0.2, 0.25) is 5.91 Å². The summed E-state index contributed by atoms with van der Waals surface area (Å²) in [6.07, 6.45) is 8.13. The lowest BCUT2D eigenvalue weighted by atomic mass is 9.79. The van der Waals surface area contributed by atoms with E-state index in [0.29, 0.717) is 18.8 Å². The summed E-state index contributed by atoms with van der Waals surface area (Å²) in [5.74, 6) is 0.592. The molecular formula is C15H26N2O. The van der Waals surface area contributed by atoms with E-state index in [0.717, 1.165) is 19.4 Å². The molecule has 1 fully saturated rings. The highest BCUT2D eigenvalue weighted by atomic mass is 16.2. The van der Waals surface area contributed by atoms with Crippen molar-refractivity contribution in [2.45, 2.75) is 65.2 Å². The predicted octanol–water partition coefficient (Wildman–Crippen LogP) is 3.40. The number of carbonyl (C=O) groups is 1. The fourth-order valence-electron chi connectivity index (χ4n) is 2.99. The van der Waals surface area contributed by atoms with Crippen LogP contribution in [0.2, 0.25) is 0 Å². The summed E-state index contributed by atoms with van der Waals surface area (Å²) >= 11 is 0. The number of hydrogen-bond donors (Lipinski definition) is 1. The van der Waals surface area contributed by atoms with E-state index >= 15 is 0 Å². The van der Waals surface area contributed by atoms with Crippen LogP contribution in [0.25, 0.3) is 0 Å². The summed E-state index contributed by atoms with van der Waals surface area (Å²) in [7, 11) is 0. The van der Waals surface area contributed by atoms with Crippen LogP contribution in [0, 0.1) is 22.7 Å². The molecule has 0 aromatic heterocycles. The number of rotatable bonds is 7. The summed E-state index contributed by atoms with van der Waals surface area (Å²) < 4.78 is 0. The third kappa shape index (κ3) is 3.73. The number of nitrogens with zero attached hydrogens (tertiary/aromatic N) is 1. The fourth-order valence-corrected chi connectivity index (χ4v) is 2.99. The summed E-state index contributed by atoms with van der Waals surface area (Å²) in [4.78, 5) is 12.3. The Morgan fingerprint density at radius 2 is 1.83 bits per heavy atom. The van der Waals surface area contributed by atoms with Crippen molar-refractivity contribution in [2.24, 2.45) is 11.3 Å². The molecule has 0 unspecified atom stereocenters. The van der Waals surface area contributed by atoms with Crippen LogP contribution < -0.4 is 5.32 Å². The van der Waals surface area contributed by atoms with Gasteiger partial charge in [0, 0.05) is 6.54 Å². The van der Waals surface area contributed by atoms with Gasteiger partial charge in [-0.1, -0.05) is 39.5 Å². The Balaban J connectivity index is 2.55. The predicted molar refractivity (Wildman–Crippen MR) is 72.8 cm³/mol. The minimum absolute atomic E-state index is 0.0411. The van der Waals surface area contributed by atoms with Crippen LogP contribution in [0.1, 0.15) is 65.2 Å². The lowest BCUT2D eigenvalue weighted by molar-refractivity contribution is -0.129. The SMILES string of the molecule is CCCC(C#N)(CCC)C(=O)NCC1CCCC1. The van der Waals surface area contributed by atoms with Gasteiger partial charge in [-0.05, 0) is 31.6 Å². The van der Waals surface area contributed by atoms with Crippen molar-refractivity contribution in [2.75, 3.05) is 6.54 Å². The molecule has 3 nitrogen and oxygen atoms in total. The van der Waals surface area contributed by atoms with Crippen molar-refractivity contribution in [3.8, 4) is 6.07 Å². The van der Waals surface area contributed by atoms with Gasteiger partial charge in [-0.2, -0.15) is 5.26 Å². The topological polar surface area (TPSA) is 52.9 Å². The smallest absolute Gasteiger partial charge is 0.240 e. The highest BCUT2D eigenvalue weighted by molar-refractivity contribution is 5.85. The summed E-state index contributed by atoms with van der Waals surface area (Å²) in [5.41, 5.74) is -0.790. The quantitative estimate of drug-likeness (QED) is 0.753. The molecular weight excluding hydrogens is 224 g/mol. The van der Waals surface area contributed by atoms with Crippen molar-refractivity contribution >= 4 is 5.91 Å². The van der Waals surface area contributed by atoms with E-state index in [1.165, 1.54) is 25.7 Å². The second kappa shape index (κ2) is 7.41. The molecule has 0 saturated heterocycles. The fraction of sp³-hybridized carbons (Fsp3) is 0.867. The van der Waals surface area contributed by atoms with Gasteiger partial charge in [0.05, 0.1) is 6.07 Å². The van der Waals surface area contributed by atoms with Gasteiger partial charge < -0.3 is 5.32 Å². The number of amides is 1. The molecule has 18 heavy (non-hydrogen) atoms.